The quantitative estimate of drug-likeness (QED) is 0.880. The molecule has 0 saturated heterocycles. The van der Waals surface area contributed by atoms with Gasteiger partial charge >= 0.3 is 0 Å². The fourth-order valence-corrected chi connectivity index (χ4v) is 3.13. The van der Waals surface area contributed by atoms with Gasteiger partial charge in [0.25, 0.3) is 10.0 Å². The lowest BCUT2D eigenvalue weighted by Crippen LogP contribution is -2.14. The second kappa shape index (κ2) is 5.90. The van der Waals surface area contributed by atoms with E-state index in [4.69, 9.17) is 17.3 Å². The number of aryl methyl sites for hydroxylation is 1. The van der Waals surface area contributed by atoms with Crippen LogP contribution in [0.15, 0.2) is 29.3 Å². The van der Waals surface area contributed by atoms with Crippen LogP contribution in [0, 0.1) is 5.82 Å². The first-order chi connectivity index (χ1) is 9.81. The van der Waals surface area contributed by atoms with Crippen molar-refractivity contribution in [2.45, 2.75) is 24.8 Å². The topological polar surface area (TPSA) is 90.0 Å². The van der Waals surface area contributed by atoms with Crippen LogP contribution in [0.3, 0.4) is 0 Å². The number of sulfonamides is 1. The number of nitrogens with two attached hydrogens (primary N) is 1. The molecule has 0 aliphatic heterocycles. The summed E-state index contributed by atoms with van der Waals surface area (Å²) >= 11 is 5.69. The Bertz CT molecular complexity index is 740. The van der Waals surface area contributed by atoms with Crippen molar-refractivity contribution >= 4 is 33.1 Å². The number of aromatic nitrogens is 2. The summed E-state index contributed by atoms with van der Waals surface area (Å²) < 4.78 is 41.4. The Balaban J connectivity index is 2.33. The summed E-state index contributed by atoms with van der Waals surface area (Å²) in [6.45, 7) is 2.48. The average molecular weight is 333 g/mol. The number of hydrogen-bond donors (Lipinski definition) is 2. The number of rotatable bonds is 5. The normalized spacial score (nSPS) is 11.6. The average Bonchev–Trinajstić information content (AvgIpc) is 2.69. The maximum atomic E-state index is 13.2. The van der Waals surface area contributed by atoms with E-state index in [1.165, 1.54) is 16.9 Å². The van der Waals surface area contributed by atoms with E-state index in [0.29, 0.717) is 6.54 Å². The lowest BCUT2D eigenvalue weighted by atomic mass is 10.3. The number of nitrogen functional groups attached to an aromatic ring is 1. The van der Waals surface area contributed by atoms with Crippen LogP contribution in [0.25, 0.3) is 0 Å². The van der Waals surface area contributed by atoms with Gasteiger partial charge in [0, 0.05) is 17.8 Å². The Morgan fingerprint density at radius 2 is 2.14 bits per heavy atom. The van der Waals surface area contributed by atoms with E-state index in [2.05, 4.69) is 9.82 Å². The molecule has 0 radical (unpaired) electrons. The van der Waals surface area contributed by atoms with Gasteiger partial charge in [-0.15, -0.1) is 0 Å². The van der Waals surface area contributed by atoms with Crippen molar-refractivity contribution in [2.24, 2.45) is 0 Å². The highest BCUT2D eigenvalue weighted by atomic mass is 35.5. The van der Waals surface area contributed by atoms with Crippen molar-refractivity contribution in [3.63, 3.8) is 0 Å². The van der Waals surface area contributed by atoms with Crippen molar-refractivity contribution < 1.29 is 12.8 Å². The molecule has 0 spiro atoms. The van der Waals surface area contributed by atoms with Crippen molar-refractivity contribution in [3.8, 4) is 0 Å². The van der Waals surface area contributed by atoms with Gasteiger partial charge in [0.05, 0.1) is 5.69 Å². The van der Waals surface area contributed by atoms with Gasteiger partial charge in [0.2, 0.25) is 0 Å². The minimum atomic E-state index is -3.96. The summed E-state index contributed by atoms with van der Waals surface area (Å²) in [5.74, 6) is -0.756. The van der Waals surface area contributed by atoms with Gasteiger partial charge in [0.1, 0.15) is 10.7 Å². The van der Waals surface area contributed by atoms with Crippen LogP contribution >= 0.6 is 11.6 Å². The van der Waals surface area contributed by atoms with Crippen molar-refractivity contribution in [1.29, 1.82) is 0 Å². The van der Waals surface area contributed by atoms with Crippen LogP contribution in [0.2, 0.25) is 5.02 Å². The van der Waals surface area contributed by atoms with E-state index in [-0.39, 0.29) is 21.4 Å². The van der Waals surface area contributed by atoms with E-state index < -0.39 is 15.8 Å². The van der Waals surface area contributed by atoms with Crippen LogP contribution < -0.4 is 10.5 Å². The Hall–Kier alpha value is -1.80. The first-order valence-corrected chi connectivity index (χ1v) is 8.00. The van der Waals surface area contributed by atoms with E-state index in [1.807, 2.05) is 6.92 Å². The van der Waals surface area contributed by atoms with Crippen LogP contribution in [-0.4, -0.2) is 18.2 Å². The highest BCUT2D eigenvalue weighted by molar-refractivity contribution is 7.92. The molecule has 0 bridgehead atoms. The van der Waals surface area contributed by atoms with E-state index >= 15 is 0 Å². The minimum absolute atomic E-state index is 0.0163. The molecule has 6 nitrogen and oxygen atoms in total. The lowest BCUT2D eigenvalue weighted by molar-refractivity contribution is 0.595. The van der Waals surface area contributed by atoms with Gasteiger partial charge in [-0.05, 0) is 24.6 Å². The van der Waals surface area contributed by atoms with Gasteiger partial charge in [0.15, 0.2) is 5.82 Å². The molecule has 2 aromatic rings. The molecule has 0 aliphatic rings. The summed E-state index contributed by atoms with van der Waals surface area (Å²) in [6, 6.07) is 3.40. The van der Waals surface area contributed by atoms with Gasteiger partial charge in [-0.25, -0.2) is 12.8 Å². The molecule has 0 unspecified atom stereocenters. The second-order valence-electron chi connectivity index (χ2n) is 4.41. The predicted octanol–water partition coefficient (Wildman–Crippen LogP) is 2.47. The molecule has 1 heterocycles. The molecule has 0 saturated carbocycles. The maximum absolute atomic E-state index is 13.2. The molecule has 9 heteroatoms. The van der Waals surface area contributed by atoms with Crippen LogP contribution in [0.5, 0.6) is 0 Å². The number of halogens is 2. The fraction of sp³-hybridized carbons (Fsp3) is 0.250. The van der Waals surface area contributed by atoms with E-state index in [1.54, 1.807) is 0 Å². The van der Waals surface area contributed by atoms with Crippen LogP contribution in [-0.2, 0) is 16.6 Å². The number of hydrogen-bond acceptors (Lipinski definition) is 4. The Morgan fingerprint density at radius 1 is 1.43 bits per heavy atom. The first kappa shape index (κ1) is 15.6. The zero-order valence-corrected chi connectivity index (χ0v) is 12.7. The molecule has 3 N–H and O–H groups in total. The molecule has 0 fully saturated rings. The summed E-state index contributed by atoms with van der Waals surface area (Å²) in [6.07, 6.45) is 2.12. The largest absolute Gasteiger partial charge is 0.381 e. The lowest BCUT2D eigenvalue weighted by Gasteiger charge is -2.07. The molecule has 0 amide bonds. The third-order valence-electron chi connectivity index (χ3n) is 2.61. The molecular weight excluding hydrogens is 319 g/mol. The molecule has 1 aromatic carbocycles. The Morgan fingerprint density at radius 3 is 2.76 bits per heavy atom. The Labute approximate surface area is 126 Å². The van der Waals surface area contributed by atoms with Crippen LogP contribution in [0.4, 0.5) is 15.9 Å². The SMILES string of the molecule is CCCn1cc(S(=O)(=O)Nc2cc(F)cc(Cl)c2)c(N)n1. The van der Waals surface area contributed by atoms with Gasteiger partial charge in [-0.2, -0.15) is 5.10 Å². The molecular formula is C12H14ClFN4O2S. The van der Waals surface area contributed by atoms with Gasteiger partial charge < -0.3 is 5.73 Å². The summed E-state index contributed by atoms with van der Waals surface area (Å²) in [5.41, 5.74) is 5.64. The number of anilines is 2. The van der Waals surface area contributed by atoms with Crippen molar-refractivity contribution in [2.75, 3.05) is 10.5 Å². The number of nitrogens with one attached hydrogen (secondary N) is 1. The molecule has 1 aromatic heterocycles. The minimum Gasteiger partial charge on any atom is -0.381 e. The zero-order valence-electron chi connectivity index (χ0n) is 11.2. The molecule has 114 valence electrons. The third kappa shape index (κ3) is 3.64. The smallest absolute Gasteiger partial charge is 0.267 e. The number of benzene rings is 1. The standard InChI is InChI=1S/C12H14ClFN4O2S/c1-2-3-18-7-11(12(15)16-18)21(19,20)17-10-5-8(13)4-9(14)6-10/h4-7,17H,2-3H2,1H3,(H2,15,16). The molecule has 0 atom stereocenters. The fourth-order valence-electron chi connectivity index (χ4n) is 1.79. The highest BCUT2D eigenvalue weighted by Gasteiger charge is 2.21. The van der Waals surface area contributed by atoms with Gasteiger partial charge in [-0.3, -0.25) is 9.40 Å². The van der Waals surface area contributed by atoms with E-state index in [9.17, 15) is 12.8 Å². The molecule has 0 aliphatic carbocycles. The number of nitrogens with zero attached hydrogens (tertiary/aromatic N) is 2. The van der Waals surface area contributed by atoms with Crippen LogP contribution in [0.1, 0.15) is 13.3 Å². The maximum Gasteiger partial charge on any atom is 0.267 e. The Kier molecular flexibility index (Phi) is 4.38. The molecule has 21 heavy (non-hydrogen) atoms. The van der Waals surface area contributed by atoms with E-state index in [0.717, 1.165) is 18.6 Å². The summed E-state index contributed by atoms with van der Waals surface area (Å²) in [5, 5.41) is 4.00. The highest BCUT2D eigenvalue weighted by Crippen LogP contribution is 2.23. The predicted molar refractivity (Wildman–Crippen MR) is 79.1 cm³/mol. The monoisotopic (exact) mass is 332 g/mol. The third-order valence-corrected chi connectivity index (χ3v) is 4.23. The second-order valence-corrected chi connectivity index (χ2v) is 6.49. The van der Waals surface area contributed by atoms with Crippen molar-refractivity contribution in [1.82, 2.24) is 9.78 Å². The molecule has 2 rings (SSSR count). The van der Waals surface area contributed by atoms with Crippen molar-refractivity contribution in [3.05, 3.63) is 35.2 Å². The zero-order chi connectivity index (χ0) is 15.6. The van der Waals surface area contributed by atoms with Gasteiger partial charge in [-0.1, -0.05) is 18.5 Å². The summed E-state index contributed by atoms with van der Waals surface area (Å²) in [4.78, 5) is -0.156. The summed E-state index contributed by atoms with van der Waals surface area (Å²) in [7, 11) is -3.96. The first-order valence-electron chi connectivity index (χ1n) is 6.13.